The minimum absolute atomic E-state index is 0.136. The molecule has 2 aromatic rings. The quantitative estimate of drug-likeness (QED) is 0.813. The number of nitrogens with zero attached hydrogens (tertiary/aromatic N) is 2. The van der Waals surface area contributed by atoms with Crippen LogP contribution in [0.25, 0.3) is 0 Å². The number of aryl methyl sites for hydroxylation is 1. The van der Waals surface area contributed by atoms with E-state index in [0.29, 0.717) is 0 Å². The molecule has 1 saturated heterocycles. The van der Waals surface area contributed by atoms with E-state index in [1.165, 1.54) is 5.56 Å². The number of aromatic nitrogens is 1. The number of amides is 2. The van der Waals surface area contributed by atoms with Gasteiger partial charge >= 0.3 is 6.03 Å². The Labute approximate surface area is 157 Å². The maximum atomic E-state index is 12.2. The summed E-state index contributed by atoms with van der Waals surface area (Å²) in [4.78, 5) is 18.7. The molecule has 0 spiro atoms. The molecule has 0 bridgehead atoms. The number of piperidine rings is 1. The molecule has 0 saturated carbocycles. The maximum absolute atomic E-state index is 12.2. The normalized spacial score (nSPS) is 15.8. The first-order chi connectivity index (χ1) is 12.1. The van der Waals surface area contributed by atoms with Crippen LogP contribution in [0.2, 0.25) is 0 Å². The van der Waals surface area contributed by atoms with Gasteiger partial charge in [0.15, 0.2) is 0 Å². The van der Waals surface area contributed by atoms with Gasteiger partial charge in [-0.15, -0.1) is 0 Å². The molecule has 0 unspecified atom stereocenters. The zero-order chi connectivity index (χ0) is 17.6. The van der Waals surface area contributed by atoms with Gasteiger partial charge in [0, 0.05) is 48.2 Å². The van der Waals surface area contributed by atoms with Gasteiger partial charge in [-0.1, -0.05) is 22.0 Å². The fraction of sp³-hybridized carbons (Fsp3) is 0.368. The van der Waals surface area contributed by atoms with Gasteiger partial charge in [-0.3, -0.25) is 9.88 Å². The van der Waals surface area contributed by atoms with Gasteiger partial charge in [0.25, 0.3) is 0 Å². The summed E-state index contributed by atoms with van der Waals surface area (Å²) < 4.78 is 0.995. The lowest BCUT2D eigenvalue weighted by Crippen LogP contribution is -2.45. The summed E-state index contributed by atoms with van der Waals surface area (Å²) in [5.74, 6) is 0. The summed E-state index contributed by atoms with van der Waals surface area (Å²) in [5, 5.41) is 5.99. The number of likely N-dealkylation sites (tertiary alicyclic amines) is 1. The summed E-state index contributed by atoms with van der Waals surface area (Å²) >= 11 is 3.49. The zero-order valence-electron chi connectivity index (χ0n) is 14.3. The molecule has 25 heavy (non-hydrogen) atoms. The molecule has 1 aromatic heterocycles. The first-order valence-electron chi connectivity index (χ1n) is 8.55. The Morgan fingerprint density at radius 1 is 1.24 bits per heavy atom. The highest BCUT2D eigenvalue weighted by molar-refractivity contribution is 9.10. The van der Waals surface area contributed by atoms with E-state index in [-0.39, 0.29) is 12.1 Å². The van der Waals surface area contributed by atoms with Crippen LogP contribution in [0.4, 0.5) is 10.5 Å². The topological polar surface area (TPSA) is 57.3 Å². The number of halogens is 1. The molecule has 2 heterocycles. The number of hydrogen-bond acceptors (Lipinski definition) is 3. The fourth-order valence-corrected chi connectivity index (χ4v) is 3.38. The van der Waals surface area contributed by atoms with Crippen molar-refractivity contribution in [1.29, 1.82) is 0 Å². The second kappa shape index (κ2) is 8.45. The van der Waals surface area contributed by atoms with Gasteiger partial charge in [-0.05, 0) is 55.2 Å². The molecule has 6 heteroatoms. The second-order valence-corrected chi connectivity index (χ2v) is 7.32. The van der Waals surface area contributed by atoms with Crippen molar-refractivity contribution >= 4 is 27.6 Å². The Kier molecular flexibility index (Phi) is 6.04. The lowest BCUT2D eigenvalue weighted by Gasteiger charge is -2.32. The first-order valence-corrected chi connectivity index (χ1v) is 9.34. The van der Waals surface area contributed by atoms with Crippen LogP contribution >= 0.6 is 15.9 Å². The highest BCUT2D eigenvalue weighted by Crippen LogP contribution is 2.20. The SMILES string of the molecule is Cc1ccc(NC(=O)NC2CCN(Cc3ccncc3)CC2)cc1Br. The van der Waals surface area contributed by atoms with Crippen LogP contribution in [0.1, 0.15) is 24.0 Å². The number of anilines is 1. The highest BCUT2D eigenvalue weighted by atomic mass is 79.9. The summed E-state index contributed by atoms with van der Waals surface area (Å²) in [6.45, 7) is 4.94. The molecule has 0 aliphatic carbocycles. The number of benzene rings is 1. The molecule has 1 fully saturated rings. The third kappa shape index (κ3) is 5.28. The number of hydrogen-bond donors (Lipinski definition) is 2. The van der Waals surface area contributed by atoms with E-state index in [9.17, 15) is 4.79 Å². The molecule has 2 amide bonds. The predicted molar refractivity (Wildman–Crippen MR) is 104 cm³/mol. The Bertz CT molecular complexity index is 715. The fourth-order valence-electron chi connectivity index (χ4n) is 3.00. The van der Waals surface area contributed by atoms with E-state index in [2.05, 4.69) is 48.6 Å². The van der Waals surface area contributed by atoms with Gasteiger partial charge in [-0.2, -0.15) is 0 Å². The van der Waals surface area contributed by atoms with Gasteiger partial charge in [0.05, 0.1) is 0 Å². The molecule has 1 aromatic carbocycles. The van der Waals surface area contributed by atoms with Gasteiger partial charge < -0.3 is 10.6 Å². The Morgan fingerprint density at radius 3 is 2.64 bits per heavy atom. The largest absolute Gasteiger partial charge is 0.335 e. The molecule has 3 rings (SSSR count). The minimum atomic E-state index is -0.136. The molecule has 5 nitrogen and oxygen atoms in total. The molecular weight excluding hydrogens is 380 g/mol. The lowest BCUT2D eigenvalue weighted by molar-refractivity contribution is 0.190. The Balaban J connectivity index is 1.43. The summed E-state index contributed by atoms with van der Waals surface area (Å²) in [6, 6.07) is 10.0. The van der Waals surface area contributed by atoms with Crippen LogP contribution < -0.4 is 10.6 Å². The molecule has 1 aliphatic heterocycles. The van der Waals surface area contributed by atoms with Crippen molar-refractivity contribution in [2.75, 3.05) is 18.4 Å². The van der Waals surface area contributed by atoms with Gasteiger partial charge in [0.2, 0.25) is 0 Å². The average molecular weight is 403 g/mol. The molecule has 1 aliphatic rings. The number of pyridine rings is 1. The van der Waals surface area contributed by atoms with E-state index >= 15 is 0 Å². The van der Waals surface area contributed by atoms with E-state index in [1.54, 1.807) is 0 Å². The van der Waals surface area contributed by atoms with Crippen LogP contribution in [0.5, 0.6) is 0 Å². The van der Waals surface area contributed by atoms with Gasteiger partial charge in [0.1, 0.15) is 0 Å². The van der Waals surface area contributed by atoms with Crippen LogP contribution in [0, 0.1) is 6.92 Å². The number of urea groups is 1. The van der Waals surface area contributed by atoms with E-state index in [4.69, 9.17) is 0 Å². The maximum Gasteiger partial charge on any atom is 0.319 e. The predicted octanol–water partition coefficient (Wildman–Crippen LogP) is 3.94. The number of carbonyl (C=O) groups excluding carboxylic acids is 1. The van der Waals surface area contributed by atoms with Crippen LogP contribution in [0.15, 0.2) is 47.2 Å². The van der Waals surface area contributed by atoms with E-state index in [1.807, 2.05) is 37.5 Å². The Morgan fingerprint density at radius 2 is 1.96 bits per heavy atom. The monoisotopic (exact) mass is 402 g/mol. The first kappa shape index (κ1) is 17.9. The highest BCUT2D eigenvalue weighted by Gasteiger charge is 2.20. The van der Waals surface area contributed by atoms with Crippen molar-refractivity contribution in [3.63, 3.8) is 0 Å². The van der Waals surface area contributed by atoms with Gasteiger partial charge in [-0.25, -0.2) is 4.79 Å². The standard InChI is InChI=1S/C19H23BrN4O/c1-14-2-3-17(12-18(14)20)23-19(25)22-16-6-10-24(11-7-16)13-15-4-8-21-9-5-15/h2-5,8-9,12,16H,6-7,10-11,13H2,1H3,(H2,22,23,25). The van der Waals surface area contributed by atoms with E-state index in [0.717, 1.165) is 48.2 Å². The average Bonchev–Trinajstić information content (AvgIpc) is 2.61. The number of nitrogens with one attached hydrogen (secondary N) is 2. The van der Waals surface area contributed by atoms with Crippen molar-refractivity contribution in [2.24, 2.45) is 0 Å². The number of rotatable bonds is 4. The molecular formula is C19H23BrN4O. The molecule has 2 N–H and O–H groups in total. The number of carbonyl (C=O) groups is 1. The molecule has 0 atom stereocenters. The van der Waals surface area contributed by atoms with Crippen molar-refractivity contribution in [2.45, 2.75) is 32.4 Å². The van der Waals surface area contributed by atoms with Crippen LogP contribution in [-0.4, -0.2) is 35.0 Å². The van der Waals surface area contributed by atoms with Crippen molar-refractivity contribution in [3.05, 3.63) is 58.3 Å². The van der Waals surface area contributed by atoms with Crippen molar-refractivity contribution in [3.8, 4) is 0 Å². The van der Waals surface area contributed by atoms with Crippen molar-refractivity contribution < 1.29 is 4.79 Å². The lowest BCUT2D eigenvalue weighted by atomic mass is 10.0. The minimum Gasteiger partial charge on any atom is -0.335 e. The zero-order valence-corrected chi connectivity index (χ0v) is 15.9. The molecule has 0 radical (unpaired) electrons. The third-order valence-corrected chi connectivity index (χ3v) is 5.36. The van der Waals surface area contributed by atoms with E-state index < -0.39 is 0 Å². The third-order valence-electron chi connectivity index (χ3n) is 4.51. The smallest absolute Gasteiger partial charge is 0.319 e. The molecule has 132 valence electrons. The summed E-state index contributed by atoms with van der Waals surface area (Å²) in [6.07, 6.45) is 5.60. The van der Waals surface area contributed by atoms with Crippen molar-refractivity contribution in [1.82, 2.24) is 15.2 Å². The van der Waals surface area contributed by atoms with Crippen LogP contribution in [0.3, 0.4) is 0 Å². The summed E-state index contributed by atoms with van der Waals surface area (Å²) in [7, 11) is 0. The second-order valence-electron chi connectivity index (χ2n) is 6.47. The van der Waals surface area contributed by atoms with Crippen LogP contribution in [-0.2, 0) is 6.54 Å². The summed E-state index contributed by atoms with van der Waals surface area (Å²) in [5.41, 5.74) is 3.22. The Hall–Kier alpha value is -1.92.